The van der Waals surface area contributed by atoms with Crippen LogP contribution in [0.3, 0.4) is 0 Å². The number of sulfonamides is 1. The van der Waals surface area contributed by atoms with Crippen LogP contribution in [-0.2, 0) is 10.0 Å². The molecule has 3 rings (SSSR count). The first-order valence-electron chi connectivity index (χ1n) is 7.14. The smallest absolute Gasteiger partial charge is 0.262 e. The van der Waals surface area contributed by atoms with Gasteiger partial charge in [-0.15, -0.1) is 0 Å². The fourth-order valence-electron chi connectivity index (χ4n) is 2.53. The summed E-state index contributed by atoms with van der Waals surface area (Å²) in [6.45, 7) is 3.09. The van der Waals surface area contributed by atoms with Crippen LogP contribution < -0.4 is 14.4 Å². The Hall–Kier alpha value is -1.92. The average molecular weight is 353 g/mol. The van der Waals surface area contributed by atoms with Gasteiger partial charge in [-0.05, 0) is 36.8 Å². The lowest BCUT2D eigenvalue weighted by atomic mass is 10.2. The van der Waals surface area contributed by atoms with Crippen LogP contribution in [0, 0.1) is 6.92 Å². The third-order valence-corrected chi connectivity index (χ3v) is 5.48. The zero-order chi connectivity index (χ0) is 16.6. The van der Waals surface area contributed by atoms with Crippen LogP contribution in [-0.4, -0.2) is 28.6 Å². The number of aryl methyl sites for hydroxylation is 1. The van der Waals surface area contributed by atoms with Gasteiger partial charge in [0.25, 0.3) is 10.0 Å². The summed E-state index contributed by atoms with van der Waals surface area (Å²) in [5, 5.41) is 0.470. The summed E-state index contributed by atoms with van der Waals surface area (Å²) in [7, 11) is -1.76. The molecule has 2 aromatic carbocycles. The summed E-state index contributed by atoms with van der Waals surface area (Å²) in [5.74, 6) is 0.579. The molecule has 1 heterocycles. The highest BCUT2D eigenvalue weighted by Crippen LogP contribution is 2.35. The summed E-state index contributed by atoms with van der Waals surface area (Å²) in [4.78, 5) is 2.25. The zero-order valence-corrected chi connectivity index (χ0v) is 14.4. The molecule has 2 aromatic rings. The molecule has 0 fully saturated rings. The van der Waals surface area contributed by atoms with Gasteiger partial charge in [0.1, 0.15) is 12.4 Å². The van der Waals surface area contributed by atoms with Crippen LogP contribution in [0.25, 0.3) is 0 Å². The van der Waals surface area contributed by atoms with E-state index in [0.717, 1.165) is 12.2 Å². The van der Waals surface area contributed by atoms with Crippen LogP contribution in [0.1, 0.15) is 5.56 Å². The van der Waals surface area contributed by atoms with Crippen molar-refractivity contribution in [2.24, 2.45) is 0 Å². The van der Waals surface area contributed by atoms with Crippen molar-refractivity contribution in [3.63, 3.8) is 0 Å². The van der Waals surface area contributed by atoms with Crippen LogP contribution in [0.2, 0.25) is 5.02 Å². The summed E-state index contributed by atoms with van der Waals surface area (Å²) in [5.41, 5.74) is 1.98. The van der Waals surface area contributed by atoms with Gasteiger partial charge in [-0.25, -0.2) is 8.42 Å². The Morgan fingerprint density at radius 3 is 2.78 bits per heavy atom. The SMILES string of the molecule is Cc1cc2c(cc1S(=O)(=O)Nc1cccc(Cl)c1)OCCN2C. The van der Waals surface area contributed by atoms with Crippen LogP contribution in [0.5, 0.6) is 5.75 Å². The second-order valence-corrected chi connectivity index (χ2v) is 7.56. The number of fused-ring (bicyclic) bond motifs is 1. The first-order chi connectivity index (χ1) is 10.9. The maximum Gasteiger partial charge on any atom is 0.262 e. The predicted octanol–water partition coefficient (Wildman–Crippen LogP) is 3.28. The highest BCUT2D eigenvalue weighted by atomic mass is 35.5. The van der Waals surface area contributed by atoms with Gasteiger partial charge in [0.05, 0.1) is 22.8 Å². The molecule has 1 aliphatic rings. The van der Waals surface area contributed by atoms with Crippen molar-refractivity contribution in [2.45, 2.75) is 11.8 Å². The lowest BCUT2D eigenvalue weighted by Crippen LogP contribution is -2.29. The van der Waals surface area contributed by atoms with Gasteiger partial charge in [-0.3, -0.25) is 4.72 Å². The molecule has 0 spiro atoms. The van der Waals surface area contributed by atoms with E-state index in [1.54, 1.807) is 37.3 Å². The van der Waals surface area contributed by atoms with Gasteiger partial charge >= 0.3 is 0 Å². The largest absolute Gasteiger partial charge is 0.490 e. The number of rotatable bonds is 3. The molecule has 0 bridgehead atoms. The Morgan fingerprint density at radius 2 is 2.04 bits per heavy atom. The molecule has 122 valence electrons. The molecular weight excluding hydrogens is 336 g/mol. The van der Waals surface area contributed by atoms with Crippen LogP contribution in [0.4, 0.5) is 11.4 Å². The molecule has 0 aromatic heterocycles. The van der Waals surface area contributed by atoms with Crippen LogP contribution in [0.15, 0.2) is 41.3 Å². The van der Waals surface area contributed by atoms with Gasteiger partial charge < -0.3 is 9.64 Å². The lowest BCUT2D eigenvalue weighted by molar-refractivity contribution is 0.310. The first kappa shape index (κ1) is 16.0. The minimum absolute atomic E-state index is 0.200. The molecule has 5 nitrogen and oxygen atoms in total. The Morgan fingerprint density at radius 1 is 1.26 bits per heavy atom. The fourth-order valence-corrected chi connectivity index (χ4v) is 4.02. The van der Waals surface area contributed by atoms with Crippen molar-refractivity contribution in [1.82, 2.24) is 0 Å². The topological polar surface area (TPSA) is 58.6 Å². The Balaban J connectivity index is 2.00. The number of likely N-dealkylation sites (N-methyl/N-ethyl adjacent to an activating group) is 1. The Kier molecular flexibility index (Phi) is 4.12. The van der Waals surface area contributed by atoms with E-state index in [9.17, 15) is 8.42 Å². The number of hydrogen-bond donors (Lipinski definition) is 1. The zero-order valence-electron chi connectivity index (χ0n) is 12.8. The minimum Gasteiger partial charge on any atom is -0.490 e. The molecular formula is C16H17ClN2O3S. The number of nitrogens with zero attached hydrogens (tertiary/aromatic N) is 1. The number of anilines is 2. The van der Waals surface area contributed by atoms with Crippen LogP contribution >= 0.6 is 11.6 Å². The van der Waals surface area contributed by atoms with E-state index in [1.165, 1.54) is 0 Å². The third-order valence-electron chi connectivity index (χ3n) is 3.72. The highest BCUT2D eigenvalue weighted by Gasteiger charge is 2.23. The normalized spacial score (nSPS) is 14.1. The van der Waals surface area contributed by atoms with Crippen molar-refractivity contribution in [3.05, 3.63) is 47.0 Å². The highest BCUT2D eigenvalue weighted by molar-refractivity contribution is 7.92. The molecule has 0 atom stereocenters. The van der Waals surface area contributed by atoms with Gasteiger partial charge in [0.2, 0.25) is 0 Å². The molecule has 0 unspecified atom stereocenters. The van der Waals surface area contributed by atoms with Gasteiger partial charge in [-0.1, -0.05) is 17.7 Å². The molecule has 0 saturated heterocycles. The van der Waals surface area contributed by atoms with E-state index in [2.05, 4.69) is 4.72 Å². The maximum absolute atomic E-state index is 12.7. The first-order valence-corrected chi connectivity index (χ1v) is 9.00. The van der Waals surface area contributed by atoms with Gasteiger partial charge in [-0.2, -0.15) is 0 Å². The molecule has 23 heavy (non-hydrogen) atoms. The van der Waals surface area contributed by atoms with E-state index >= 15 is 0 Å². The van der Waals surface area contributed by atoms with E-state index in [-0.39, 0.29) is 4.90 Å². The van der Waals surface area contributed by atoms with Crippen molar-refractivity contribution in [2.75, 3.05) is 29.8 Å². The second kappa shape index (κ2) is 5.94. The molecule has 0 aliphatic carbocycles. The van der Waals surface area contributed by atoms with Crippen molar-refractivity contribution in [3.8, 4) is 5.75 Å². The number of ether oxygens (including phenoxy) is 1. The average Bonchev–Trinajstić information content (AvgIpc) is 2.47. The Labute approximate surface area is 140 Å². The van der Waals surface area contributed by atoms with Gasteiger partial charge in [0, 0.05) is 18.1 Å². The number of halogens is 1. The van der Waals surface area contributed by atoms with Crippen molar-refractivity contribution >= 4 is 33.0 Å². The van der Waals surface area contributed by atoms with E-state index in [0.29, 0.717) is 28.6 Å². The second-order valence-electron chi connectivity index (χ2n) is 5.47. The van der Waals surface area contributed by atoms with E-state index < -0.39 is 10.0 Å². The quantitative estimate of drug-likeness (QED) is 0.921. The molecule has 7 heteroatoms. The van der Waals surface area contributed by atoms with E-state index in [1.807, 2.05) is 18.0 Å². The molecule has 0 saturated carbocycles. The summed E-state index contributed by atoms with van der Waals surface area (Å²) >= 11 is 5.90. The molecule has 0 amide bonds. The fraction of sp³-hybridized carbons (Fsp3) is 0.250. The minimum atomic E-state index is -3.72. The molecule has 0 radical (unpaired) electrons. The predicted molar refractivity (Wildman–Crippen MR) is 92.2 cm³/mol. The standard InChI is InChI=1S/C16H17ClN2O3S/c1-11-8-14-15(22-7-6-19(14)2)10-16(11)23(20,21)18-13-5-3-4-12(17)9-13/h3-5,8-10,18H,6-7H2,1-2H3. The number of nitrogens with one attached hydrogen (secondary N) is 1. The van der Waals surface area contributed by atoms with Crippen molar-refractivity contribution in [1.29, 1.82) is 0 Å². The van der Waals surface area contributed by atoms with Gasteiger partial charge in [0.15, 0.2) is 0 Å². The number of hydrogen-bond acceptors (Lipinski definition) is 4. The van der Waals surface area contributed by atoms with E-state index in [4.69, 9.17) is 16.3 Å². The monoisotopic (exact) mass is 352 g/mol. The Bertz CT molecular complexity index is 852. The lowest BCUT2D eigenvalue weighted by Gasteiger charge is -2.28. The summed E-state index contributed by atoms with van der Waals surface area (Å²) in [6.07, 6.45) is 0. The molecule has 1 N–H and O–H groups in total. The summed E-state index contributed by atoms with van der Waals surface area (Å²) < 4.78 is 33.5. The number of benzene rings is 2. The molecule has 1 aliphatic heterocycles. The third kappa shape index (κ3) is 3.23. The maximum atomic E-state index is 12.7. The van der Waals surface area contributed by atoms with Crippen molar-refractivity contribution < 1.29 is 13.2 Å². The summed E-state index contributed by atoms with van der Waals surface area (Å²) in [6, 6.07) is 10.0.